The smallest absolute Gasteiger partial charge is 0.293 e. The molecule has 1 saturated heterocycles. The Labute approximate surface area is 403 Å². The fraction of sp³-hybridized carbons (Fsp3) is 0.634. The van der Waals surface area contributed by atoms with Crippen LogP contribution in [-0.2, 0) is 73.1 Å². The minimum Gasteiger partial charge on any atom is -0.790 e. The second-order valence-corrected chi connectivity index (χ2v) is 22.6. The molecule has 3 heterocycles. The average molecular weight is 1050 g/mol. The molecule has 0 aliphatic carbocycles. The summed E-state index contributed by atoms with van der Waals surface area (Å²) < 4.78 is 66.0. The summed E-state index contributed by atoms with van der Waals surface area (Å²) in [6, 6.07) is 8.28. The Morgan fingerprint density at radius 1 is 0.900 bits per heavy atom. The van der Waals surface area contributed by atoms with Crippen molar-refractivity contribution in [1.82, 2.24) is 30.2 Å². The number of carbonyl (C=O) groups excluding carboxylic acids is 4. The molecule has 7 atom stereocenters. The molecule has 3 aromatic rings. The van der Waals surface area contributed by atoms with Crippen LogP contribution in [0, 0.1) is 10.8 Å². The van der Waals surface area contributed by atoms with Crippen molar-refractivity contribution in [3.8, 4) is 0 Å². The number of aliphatic hydroxyl groups is 2. The highest BCUT2D eigenvalue weighted by atomic mass is 31.3. The summed E-state index contributed by atoms with van der Waals surface area (Å²) in [5.41, 5.74) is 5.22. The molecule has 29 heteroatoms. The van der Waals surface area contributed by atoms with E-state index in [2.05, 4.69) is 67.7 Å². The number of hydrogen-bond acceptors (Lipinski definition) is 23. The van der Waals surface area contributed by atoms with E-state index in [1.54, 1.807) is 0 Å². The lowest BCUT2D eigenvalue weighted by Crippen LogP contribution is -2.46. The lowest BCUT2D eigenvalue weighted by Gasteiger charge is -2.36. The number of anilines is 1. The number of ketones is 1. The van der Waals surface area contributed by atoms with Gasteiger partial charge in [-0.3, -0.25) is 32.9 Å². The van der Waals surface area contributed by atoms with Gasteiger partial charge in [0.15, 0.2) is 17.7 Å². The normalized spacial score (nSPS) is 20.1. The standard InChI is InChI=1S/C41H64N7O19P3/c1-39(2,17-7-9-26-11-13-27(14-12-26)10-8-18-41(5,6)62-25-49)29(50)15-19-43-30(51)16-20-44-37(54)34(53)40(3,4)22-64-70(60,61)67-69(58,59)63-21-28-33(66-68(55,56)57)32(52)38(65-28)48-24-47-31-35(42)45-23-46-36(31)48/h11-14,23-25,28,32-34,38,52-53H,7-10,15-22H2,1-6H3,(H,43,51)(H,44,54)(H,58,59)(H,60,61)(H2,42,45,46)(H2,55,56,57)/p-4. The van der Waals surface area contributed by atoms with Gasteiger partial charge in [0.05, 0.1) is 27.4 Å². The van der Waals surface area contributed by atoms with Crippen LogP contribution in [0.1, 0.15) is 97.4 Å². The van der Waals surface area contributed by atoms with Gasteiger partial charge in [0, 0.05) is 36.8 Å². The number of aliphatic hydroxyl groups excluding tert-OH is 2. The summed E-state index contributed by atoms with van der Waals surface area (Å²) in [4.78, 5) is 109. The van der Waals surface area contributed by atoms with E-state index in [1.807, 2.05) is 27.7 Å². The number of aromatic nitrogens is 4. The van der Waals surface area contributed by atoms with E-state index in [9.17, 15) is 62.7 Å². The fourth-order valence-corrected chi connectivity index (χ4v) is 9.96. The topological polar surface area (TPSA) is 401 Å². The lowest BCUT2D eigenvalue weighted by molar-refractivity contribution is -0.347. The van der Waals surface area contributed by atoms with E-state index < -0.39 is 95.6 Å². The second kappa shape index (κ2) is 24.5. The van der Waals surface area contributed by atoms with Gasteiger partial charge in [-0.25, -0.2) is 19.3 Å². The first-order chi connectivity index (χ1) is 32.4. The van der Waals surface area contributed by atoms with Crippen LogP contribution in [0.4, 0.5) is 5.82 Å². The van der Waals surface area contributed by atoms with Crippen molar-refractivity contribution in [2.24, 2.45) is 10.8 Å². The van der Waals surface area contributed by atoms with Crippen LogP contribution in [0.5, 0.6) is 0 Å². The third kappa shape index (κ3) is 17.9. The van der Waals surface area contributed by atoms with Gasteiger partial charge < -0.3 is 73.8 Å². The highest BCUT2D eigenvalue weighted by Gasteiger charge is 2.47. The predicted octanol–water partition coefficient (Wildman–Crippen LogP) is 0.160. The van der Waals surface area contributed by atoms with E-state index >= 15 is 0 Å². The molecule has 2 aromatic heterocycles. The highest BCUT2D eigenvalue weighted by Crippen LogP contribution is 2.56. The second-order valence-electron chi connectivity index (χ2n) is 18.5. The number of nitrogen functional groups attached to an aromatic ring is 1. The number of phosphoric acid groups is 3. The van der Waals surface area contributed by atoms with Crippen LogP contribution >= 0.6 is 23.5 Å². The van der Waals surface area contributed by atoms with Crippen molar-refractivity contribution in [1.29, 1.82) is 0 Å². The van der Waals surface area contributed by atoms with E-state index in [-0.39, 0.29) is 48.7 Å². The molecule has 0 spiro atoms. The highest BCUT2D eigenvalue weighted by molar-refractivity contribution is 7.59. The summed E-state index contributed by atoms with van der Waals surface area (Å²) in [6.45, 7) is 7.80. The van der Waals surface area contributed by atoms with Crippen LogP contribution < -0.4 is 35.9 Å². The number of benzene rings is 1. The molecule has 0 radical (unpaired) electrons. The molecule has 1 aliphatic rings. The largest absolute Gasteiger partial charge is 0.790 e. The molecule has 6 N–H and O–H groups in total. The maximum Gasteiger partial charge on any atom is 0.293 e. The zero-order valence-electron chi connectivity index (χ0n) is 39.5. The average Bonchev–Trinajstić information content (AvgIpc) is 3.82. The molecule has 0 saturated carbocycles. The number of ether oxygens (including phenoxy) is 2. The van der Waals surface area contributed by atoms with Crippen molar-refractivity contribution < 1.29 is 90.0 Å². The first-order valence-corrected chi connectivity index (χ1v) is 26.4. The van der Waals surface area contributed by atoms with Crippen molar-refractivity contribution in [2.45, 2.75) is 129 Å². The maximum absolute atomic E-state index is 13.0. The van der Waals surface area contributed by atoms with Gasteiger partial charge in [-0.15, -0.1) is 0 Å². The molecular formula is C41H60N7O19P3-4. The number of phosphoric ester groups is 3. The molecule has 1 fully saturated rings. The minimum absolute atomic E-state index is 0.0270. The molecule has 26 nitrogen and oxygen atoms in total. The lowest BCUT2D eigenvalue weighted by atomic mass is 9.81. The van der Waals surface area contributed by atoms with Crippen molar-refractivity contribution >= 4 is 64.5 Å². The molecular weight excluding hydrogens is 987 g/mol. The number of nitrogens with one attached hydrogen (secondary N) is 2. The monoisotopic (exact) mass is 1050 g/mol. The van der Waals surface area contributed by atoms with E-state index in [0.29, 0.717) is 12.9 Å². The number of nitrogens with zero attached hydrogens (tertiary/aromatic N) is 4. The summed E-state index contributed by atoms with van der Waals surface area (Å²) in [6.07, 6.45) is -3.00. The summed E-state index contributed by atoms with van der Waals surface area (Å²) in [5, 5.41) is 26.5. The third-order valence-corrected chi connectivity index (χ3v) is 14.4. The van der Waals surface area contributed by atoms with Gasteiger partial charge in [-0.1, -0.05) is 52.0 Å². The Bertz CT molecular complexity index is 2410. The van der Waals surface area contributed by atoms with Crippen LogP contribution in [0.15, 0.2) is 36.9 Å². The number of imidazole rings is 1. The number of carbonyl (C=O) groups is 4. The number of hydrogen-bond donors (Lipinski definition) is 5. The number of Topliss-reactive ketones (excluding diaryl/α,β-unsaturated/α-hetero) is 1. The van der Waals surface area contributed by atoms with Crippen LogP contribution in [-0.4, -0.2) is 110 Å². The van der Waals surface area contributed by atoms with Gasteiger partial charge in [-0.05, 0) is 63.5 Å². The quantitative estimate of drug-likeness (QED) is 0.0438. The van der Waals surface area contributed by atoms with Gasteiger partial charge in [0.25, 0.3) is 22.1 Å². The van der Waals surface area contributed by atoms with Crippen LogP contribution in [0.25, 0.3) is 11.2 Å². The van der Waals surface area contributed by atoms with E-state index in [0.717, 1.165) is 54.9 Å². The first kappa shape index (κ1) is 58.5. The van der Waals surface area contributed by atoms with Gasteiger partial charge in [0.1, 0.15) is 47.6 Å². The Hall–Kier alpha value is -4.10. The molecule has 2 amide bonds. The summed E-state index contributed by atoms with van der Waals surface area (Å²) in [7, 11) is -17.7. The number of rotatable bonds is 30. The van der Waals surface area contributed by atoms with Gasteiger partial charge in [-0.2, -0.15) is 0 Å². The van der Waals surface area contributed by atoms with Crippen LogP contribution in [0.3, 0.4) is 0 Å². The van der Waals surface area contributed by atoms with E-state index in [1.165, 1.54) is 19.4 Å². The van der Waals surface area contributed by atoms with Crippen molar-refractivity contribution in [2.75, 3.05) is 32.0 Å². The first-order valence-electron chi connectivity index (χ1n) is 22.0. The third-order valence-electron chi connectivity index (χ3n) is 11.4. The number of aryl methyl sites for hydroxylation is 2. The molecule has 7 unspecified atom stereocenters. The number of nitrogens with two attached hydrogens (primary N) is 1. The molecule has 1 aromatic carbocycles. The molecule has 1 aliphatic heterocycles. The van der Waals surface area contributed by atoms with Crippen LogP contribution in [0.2, 0.25) is 0 Å². The predicted molar refractivity (Wildman–Crippen MR) is 238 cm³/mol. The number of amides is 2. The number of fused-ring (bicyclic) bond motifs is 1. The Morgan fingerprint density at radius 3 is 2.11 bits per heavy atom. The zero-order chi connectivity index (χ0) is 52.3. The SMILES string of the molecule is CC(C)(CCCc1ccc(CCCC(C)(C)C(=O)CCNC(=O)CCNC(=O)C(O)C(C)(C)COP(=O)([O-])OP(=O)([O-])OCC2OC(n3cnc4c(N)ncnc43)C(O)C2OP(=O)([O-])[O-])cc1)OC=O. The zero-order valence-corrected chi connectivity index (χ0v) is 42.1. The Morgan fingerprint density at radius 2 is 1.50 bits per heavy atom. The van der Waals surface area contributed by atoms with Crippen molar-refractivity contribution in [3.05, 3.63) is 48.0 Å². The minimum atomic E-state index is -5.94. The summed E-state index contributed by atoms with van der Waals surface area (Å²) >= 11 is 0. The molecule has 0 bridgehead atoms. The molecule has 4 rings (SSSR count). The summed E-state index contributed by atoms with van der Waals surface area (Å²) in [5.74, 6) is -1.66. The molecule has 392 valence electrons. The Kier molecular flexibility index (Phi) is 20.5. The maximum atomic E-state index is 13.0. The molecule has 70 heavy (non-hydrogen) atoms. The Balaban J connectivity index is 1.15. The fourth-order valence-electron chi connectivity index (χ4n) is 7.22. The van der Waals surface area contributed by atoms with Gasteiger partial charge >= 0.3 is 0 Å². The van der Waals surface area contributed by atoms with Gasteiger partial charge in [0.2, 0.25) is 11.8 Å². The van der Waals surface area contributed by atoms with Crippen molar-refractivity contribution in [3.63, 3.8) is 0 Å². The van der Waals surface area contributed by atoms with E-state index in [4.69, 9.17) is 15.2 Å².